The van der Waals surface area contributed by atoms with Gasteiger partial charge in [0.05, 0.1) is 17.7 Å². The first-order valence-electron chi connectivity index (χ1n) is 10.3. The lowest BCUT2D eigenvalue weighted by atomic mass is 10.1. The van der Waals surface area contributed by atoms with Gasteiger partial charge in [-0.25, -0.2) is 4.98 Å². The van der Waals surface area contributed by atoms with Gasteiger partial charge in [0.15, 0.2) is 0 Å². The molecule has 2 aromatic heterocycles. The summed E-state index contributed by atoms with van der Waals surface area (Å²) in [6.07, 6.45) is 2.81. The van der Waals surface area contributed by atoms with Crippen molar-refractivity contribution < 1.29 is 23.9 Å². The molecule has 0 unspecified atom stereocenters. The standard InChI is InChI=1S/C23H23ClN4O5/c1-4-27(3)23(32)21(30)17-12-28(13-20(29)33-5-2)18-8-7-15(10-16(17)18)26-22(31)14-6-9-19(24)25-11-14/h6-12H,4-5,13H2,1-3H3,(H,26,31). The Balaban J connectivity index is 2.00. The molecule has 1 N–H and O–H groups in total. The number of likely N-dealkylation sites (N-methyl/N-ethyl adjacent to an activating group) is 1. The summed E-state index contributed by atoms with van der Waals surface area (Å²) < 4.78 is 6.56. The number of ketones is 1. The molecule has 0 radical (unpaired) electrons. The summed E-state index contributed by atoms with van der Waals surface area (Å²) in [6, 6.07) is 7.92. The van der Waals surface area contributed by atoms with Crippen molar-refractivity contribution in [1.29, 1.82) is 0 Å². The molecule has 0 saturated heterocycles. The van der Waals surface area contributed by atoms with Gasteiger partial charge in [0.25, 0.3) is 17.6 Å². The quantitative estimate of drug-likeness (QED) is 0.234. The molecule has 172 valence electrons. The number of nitrogens with zero attached hydrogens (tertiary/aromatic N) is 3. The fraction of sp³-hybridized carbons (Fsp3) is 0.261. The number of pyridine rings is 1. The SMILES string of the molecule is CCOC(=O)Cn1cc(C(=O)C(=O)N(C)CC)c2cc(NC(=O)c3ccc(Cl)nc3)ccc21. The van der Waals surface area contributed by atoms with E-state index in [2.05, 4.69) is 10.3 Å². The second-order valence-electron chi connectivity index (χ2n) is 7.18. The lowest BCUT2D eigenvalue weighted by Crippen LogP contribution is -2.33. The highest BCUT2D eigenvalue weighted by molar-refractivity contribution is 6.45. The summed E-state index contributed by atoms with van der Waals surface area (Å²) in [5, 5.41) is 3.43. The van der Waals surface area contributed by atoms with Crippen LogP contribution < -0.4 is 5.32 Å². The maximum Gasteiger partial charge on any atom is 0.325 e. The minimum Gasteiger partial charge on any atom is -0.465 e. The van der Waals surface area contributed by atoms with Crippen molar-refractivity contribution in [1.82, 2.24) is 14.5 Å². The average molecular weight is 471 g/mol. The topological polar surface area (TPSA) is 111 Å². The number of nitrogens with one attached hydrogen (secondary N) is 1. The van der Waals surface area contributed by atoms with Gasteiger partial charge in [-0.15, -0.1) is 0 Å². The Bertz CT molecular complexity index is 1220. The fourth-order valence-electron chi connectivity index (χ4n) is 3.18. The molecule has 3 rings (SSSR count). The predicted molar refractivity (Wildman–Crippen MR) is 123 cm³/mol. The molecule has 0 spiro atoms. The van der Waals surface area contributed by atoms with E-state index in [0.29, 0.717) is 28.7 Å². The molecule has 2 amide bonds. The van der Waals surface area contributed by atoms with Crippen LogP contribution in [0.15, 0.2) is 42.7 Å². The van der Waals surface area contributed by atoms with E-state index >= 15 is 0 Å². The van der Waals surface area contributed by atoms with Gasteiger partial charge in [0, 0.05) is 42.6 Å². The lowest BCUT2D eigenvalue weighted by Gasteiger charge is -2.12. The largest absolute Gasteiger partial charge is 0.465 e. The minimum absolute atomic E-state index is 0.127. The van der Waals surface area contributed by atoms with E-state index < -0.39 is 23.6 Å². The first-order valence-corrected chi connectivity index (χ1v) is 10.6. The molecular weight excluding hydrogens is 448 g/mol. The lowest BCUT2D eigenvalue weighted by molar-refractivity contribution is -0.143. The number of aromatic nitrogens is 2. The highest BCUT2D eigenvalue weighted by atomic mass is 35.5. The van der Waals surface area contributed by atoms with E-state index in [1.165, 1.54) is 36.5 Å². The summed E-state index contributed by atoms with van der Waals surface area (Å²) >= 11 is 5.76. The van der Waals surface area contributed by atoms with Crippen molar-refractivity contribution in [3.8, 4) is 0 Å². The van der Waals surface area contributed by atoms with Gasteiger partial charge in [0.2, 0.25) is 0 Å². The summed E-state index contributed by atoms with van der Waals surface area (Å²) in [5.74, 6) is -2.27. The Labute approximate surface area is 195 Å². The smallest absolute Gasteiger partial charge is 0.325 e. The van der Waals surface area contributed by atoms with Crippen LogP contribution in [0.4, 0.5) is 5.69 Å². The number of ether oxygens (including phenoxy) is 1. The number of amides is 2. The van der Waals surface area contributed by atoms with Crippen molar-refractivity contribution in [3.05, 3.63) is 59.0 Å². The van der Waals surface area contributed by atoms with E-state index in [1.807, 2.05) is 0 Å². The van der Waals surface area contributed by atoms with Gasteiger partial charge in [0.1, 0.15) is 11.7 Å². The number of Topliss-reactive ketones (excluding diaryl/α,β-unsaturated/α-hetero) is 1. The molecule has 1 aromatic carbocycles. The predicted octanol–water partition coefficient (Wildman–Crippen LogP) is 3.17. The Morgan fingerprint density at radius 3 is 2.55 bits per heavy atom. The van der Waals surface area contributed by atoms with E-state index in [9.17, 15) is 19.2 Å². The Morgan fingerprint density at radius 2 is 1.91 bits per heavy atom. The molecule has 0 bridgehead atoms. The van der Waals surface area contributed by atoms with Gasteiger partial charge >= 0.3 is 5.97 Å². The number of halogens is 1. The Kier molecular flexibility index (Phi) is 7.44. The van der Waals surface area contributed by atoms with Gasteiger partial charge in [-0.1, -0.05) is 11.6 Å². The van der Waals surface area contributed by atoms with Gasteiger partial charge in [-0.3, -0.25) is 19.2 Å². The number of benzene rings is 1. The highest BCUT2D eigenvalue weighted by Gasteiger charge is 2.25. The van der Waals surface area contributed by atoms with Crippen LogP contribution in [0.25, 0.3) is 10.9 Å². The third kappa shape index (κ3) is 5.38. The van der Waals surface area contributed by atoms with Gasteiger partial charge < -0.3 is 19.5 Å². The number of carbonyl (C=O) groups is 4. The molecule has 9 nitrogen and oxygen atoms in total. The van der Waals surface area contributed by atoms with E-state index in [0.717, 1.165) is 0 Å². The summed E-state index contributed by atoms with van der Waals surface area (Å²) in [4.78, 5) is 55.2. The van der Waals surface area contributed by atoms with E-state index in [4.69, 9.17) is 16.3 Å². The van der Waals surface area contributed by atoms with Crippen LogP contribution in [0.3, 0.4) is 0 Å². The highest BCUT2D eigenvalue weighted by Crippen LogP contribution is 2.26. The first-order chi connectivity index (χ1) is 15.7. The van der Waals surface area contributed by atoms with Gasteiger partial charge in [-0.05, 0) is 44.2 Å². The van der Waals surface area contributed by atoms with E-state index in [-0.39, 0.29) is 23.9 Å². The average Bonchev–Trinajstić information content (AvgIpc) is 3.15. The number of carbonyl (C=O) groups excluding carboxylic acids is 4. The summed E-state index contributed by atoms with van der Waals surface area (Å²) in [7, 11) is 1.53. The number of anilines is 1. The molecule has 0 saturated carbocycles. The molecule has 0 aliphatic rings. The molecule has 3 aromatic rings. The van der Waals surface area contributed by atoms with Crippen LogP contribution in [0.5, 0.6) is 0 Å². The molecule has 33 heavy (non-hydrogen) atoms. The van der Waals surface area contributed by atoms with Crippen LogP contribution in [0.1, 0.15) is 34.6 Å². The van der Waals surface area contributed by atoms with Crippen LogP contribution in [-0.4, -0.2) is 58.2 Å². The van der Waals surface area contributed by atoms with Crippen molar-refractivity contribution in [2.24, 2.45) is 0 Å². The monoisotopic (exact) mass is 470 g/mol. The summed E-state index contributed by atoms with van der Waals surface area (Å²) in [5.41, 5.74) is 1.38. The fourth-order valence-corrected chi connectivity index (χ4v) is 3.29. The second-order valence-corrected chi connectivity index (χ2v) is 7.57. The number of fused-ring (bicyclic) bond motifs is 1. The van der Waals surface area contributed by atoms with Crippen molar-refractivity contribution >= 4 is 51.8 Å². The number of esters is 1. The summed E-state index contributed by atoms with van der Waals surface area (Å²) in [6.45, 7) is 3.92. The van der Waals surface area contributed by atoms with Crippen LogP contribution in [-0.2, 0) is 20.9 Å². The third-order valence-corrected chi connectivity index (χ3v) is 5.22. The molecule has 10 heteroatoms. The maximum absolute atomic E-state index is 12.9. The first kappa shape index (κ1) is 23.9. The molecule has 0 aliphatic heterocycles. The molecular formula is C23H23ClN4O5. The third-order valence-electron chi connectivity index (χ3n) is 4.99. The Morgan fingerprint density at radius 1 is 1.15 bits per heavy atom. The number of rotatable bonds is 8. The van der Waals surface area contributed by atoms with Crippen LogP contribution in [0.2, 0.25) is 5.15 Å². The Hall–Kier alpha value is -3.72. The van der Waals surface area contributed by atoms with Crippen molar-refractivity contribution in [3.63, 3.8) is 0 Å². The molecule has 0 aliphatic carbocycles. The van der Waals surface area contributed by atoms with Gasteiger partial charge in [-0.2, -0.15) is 0 Å². The number of hydrogen-bond donors (Lipinski definition) is 1. The zero-order valence-corrected chi connectivity index (χ0v) is 19.2. The zero-order chi connectivity index (χ0) is 24.1. The van der Waals surface area contributed by atoms with Crippen molar-refractivity contribution in [2.45, 2.75) is 20.4 Å². The molecule has 2 heterocycles. The van der Waals surface area contributed by atoms with Crippen molar-refractivity contribution in [2.75, 3.05) is 25.5 Å². The van der Waals surface area contributed by atoms with E-state index in [1.54, 1.807) is 36.6 Å². The molecule has 0 atom stereocenters. The maximum atomic E-state index is 12.9. The zero-order valence-electron chi connectivity index (χ0n) is 18.4. The van der Waals surface area contributed by atoms with Crippen LogP contribution in [0, 0.1) is 0 Å². The normalized spacial score (nSPS) is 10.7. The minimum atomic E-state index is -0.711. The van der Waals surface area contributed by atoms with Crippen LogP contribution >= 0.6 is 11.6 Å². The molecule has 0 fully saturated rings. The second kappa shape index (κ2) is 10.3. The number of hydrogen-bond acceptors (Lipinski definition) is 6.